The maximum atomic E-state index is 12.2. The number of hydrogen-bond acceptors (Lipinski definition) is 4. The highest BCUT2D eigenvalue weighted by molar-refractivity contribution is 5.91. The molecule has 3 rings (SSSR count). The molecule has 0 atom stereocenters. The lowest BCUT2D eigenvalue weighted by Crippen LogP contribution is -2.24. The van der Waals surface area contributed by atoms with Crippen LogP contribution >= 0.6 is 0 Å². The summed E-state index contributed by atoms with van der Waals surface area (Å²) in [5, 5.41) is 6.87. The fraction of sp³-hybridized carbons (Fsp3) is 0.214. The van der Waals surface area contributed by atoms with Crippen LogP contribution < -0.4 is 20.2 Å². The maximum absolute atomic E-state index is 12.2. The second kappa shape index (κ2) is 12.3. The number of hydrazone groups is 1. The van der Waals surface area contributed by atoms with E-state index in [1.165, 1.54) is 5.56 Å². The van der Waals surface area contributed by atoms with Gasteiger partial charge < -0.3 is 14.8 Å². The van der Waals surface area contributed by atoms with E-state index in [4.69, 9.17) is 9.47 Å². The summed E-state index contributed by atoms with van der Waals surface area (Å²) in [6.45, 7) is 10.7. The Bertz CT molecular complexity index is 1150. The minimum atomic E-state index is -0.417. The highest BCUT2D eigenvalue weighted by Gasteiger charge is 2.13. The number of ether oxygens (including phenoxy) is 2. The number of carbonyl (C=O) groups excluding carboxylic acids is 1. The van der Waals surface area contributed by atoms with Crippen molar-refractivity contribution in [2.75, 3.05) is 11.9 Å². The lowest BCUT2D eigenvalue weighted by atomic mass is 10.1. The van der Waals surface area contributed by atoms with Crippen LogP contribution in [0.2, 0.25) is 0 Å². The molecule has 3 aromatic carbocycles. The fourth-order valence-electron chi connectivity index (χ4n) is 3.36. The first kappa shape index (κ1) is 24.6. The number of para-hydroxylation sites is 1. The number of hydrogen-bond donors (Lipinski definition) is 2. The highest BCUT2D eigenvalue weighted by atomic mass is 16.5. The molecule has 0 aliphatic heterocycles. The second-order valence-electron chi connectivity index (χ2n) is 7.85. The van der Waals surface area contributed by atoms with Crippen molar-refractivity contribution in [2.24, 2.45) is 5.10 Å². The highest BCUT2D eigenvalue weighted by Crippen LogP contribution is 2.34. The van der Waals surface area contributed by atoms with Crippen LogP contribution in [0.5, 0.6) is 11.5 Å². The van der Waals surface area contributed by atoms with Crippen molar-refractivity contribution in [3.05, 3.63) is 101 Å². The zero-order valence-electron chi connectivity index (χ0n) is 19.9. The Morgan fingerprint density at radius 2 is 1.82 bits per heavy atom. The topological polar surface area (TPSA) is 72.0 Å². The summed E-state index contributed by atoms with van der Waals surface area (Å²) in [5.74, 6) is 1.31. The van der Waals surface area contributed by atoms with Crippen LogP contribution in [0.4, 0.5) is 10.5 Å². The van der Waals surface area contributed by atoms with Gasteiger partial charge in [-0.3, -0.25) is 0 Å². The van der Waals surface area contributed by atoms with Crippen molar-refractivity contribution in [3.8, 4) is 11.5 Å². The van der Waals surface area contributed by atoms with E-state index in [1.807, 2.05) is 56.3 Å². The summed E-state index contributed by atoms with van der Waals surface area (Å²) in [7, 11) is 0. The molecule has 0 aliphatic carbocycles. The monoisotopic (exact) mass is 457 g/mol. The van der Waals surface area contributed by atoms with Gasteiger partial charge in [0.25, 0.3) is 0 Å². The van der Waals surface area contributed by atoms with Gasteiger partial charge in [0.15, 0.2) is 11.5 Å². The van der Waals surface area contributed by atoms with E-state index >= 15 is 0 Å². The van der Waals surface area contributed by atoms with Crippen molar-refractivity contribution < 1.29 is 14.3 Å². The van der Waals surface area contributed by atoms with E-state index in [9.17, 15) is 4.79 Å². The molecule has 0 radical (unpaired) electrons. The number of benzene rings is 3. The summed E-state index contributed by atoms with van der Waals surface area (Å²) in [4.78, 5) is 12.2. The van der Waals surface area contributed by atoms with Gasteiger partial charge in [0.2, 0.25) is 0 Å². The Balaban J connectivity index is 1.75. The lowest BCUT2D eigenvalue weighted by Gasteiger charge is -2.17. The van der Waals surface area contributed by atoms with E-state index < -0.39 is 6.03 Å². The Morgan fingerprint density at radius 1 is 1.06 bits per heavy atom. The molecule has 0 saturated carbocycles. The van der Waals surface area contributed by atoms with Crippen LogP contribution in [0.15, 0.2) is 78.4 Å². The molecule has 34 heavy (non-hydrogen) atoms. The van der Waals surface area contributed by atoms with Crippen LogP contribution in [0.25, 0.3) is 0 Å². The van der Waals surface area contributed by atoms with Crippen LogP contribution in [0, 0.1) is 13.8 Å². The smallest absolute Gasteiger partial charge is 0.339 e. The van der Waals surface area contributed by atoms with Crippen molar-refractivity contribution >= 4 is 17.9 Å². The van der Waals surface area contributed by atoms with Crippen molar-refractivity contribution in [1.29, 1.82) is 0 Å². The number of rotatable bonds is 10. The predicted octanol–water partition coefficient (Wildman–Crippen LogP) is 6.17. The van der Waals surface area contributed by atoms with Gasteiger partial charge in [-0.25, -0.2) is 10.2 Å². The molecule has 0 aromatic heterocycles. The standard InChI is InChI=1S/C28H31N3O3/c1-5-9-24-16-23(18-29-31-28(32)30-25-11-8-7-10-21(25)4)17-26(33-6-2)27(24)34-19-22-14-12-20(3)13-15-22/h5,7-8,10-18H,1,6,9,19H2,2-4H3,(H2,30,31,32). The Morgan fingerprint density at radius 3 is 2.53 bits per heavy atom. The average Bonchev–Trinajstić information content (AvgIpc) is 2.81. The molecular weight excluding hydrogens is 426 g/mol. The van der Waals surface area contributed by atoms with Crippen LogP contribution in [-0.4, -0.2) is 18.9 Å². The SMILES string of the molecule is C=CCc1cc(C=NNC(=O)Nc2ccccc2C)cc(OCC)c1OCc1ccc(C)cc1. The van der Waals surface area contributed by atoms with E-state index in [1.54, 1.807) is 6.21 Å². The Labute approximate surface area is 201 Å². The molecule has 3 aromatic rings. The van der Waals surface area contributed by atoms with Gasteiger partial charge in [0.1, 0.15) is 6.61 Å². The predicted molar refractivity (Wildman–Crippen MR) is 138 cm³/mol. The Hall–Kier alpha value is -4.06. The maximum Gasteiger partial charge on any atom is 0.339 e. The third-order valence-corrected chi connectivity index (χ3v) is 5.09. The first-order chi connectivity index (χ1) is 16.5. The number of nitrogens with zero attached hydrogens (tertiary/aromatic N) is 1. The summed E-state index contributed by atoms with van der Waals surface area (Å²) in [5.41, 5.74) is 8.19. The van der Waals surface area contributed by atoms with E-state index in [0.29, 0.717) is 31.1 Å². The third kappa shape index (κ3) is 6.97. The zero-order valence-corrected chi connectivity index (χ0v) is 19.9. The van der Waals surface area contributed by atoms with Gasteiger partial charge in [-0.2, -0.15) is 5.10 Å². The molecular formula is C28H31N3O3. The van der Waals surface area contributed by atoms with Crippen LogP contribution in [0.1, 0.15) is 34.7 Å². The summed E-state index contributed by atoms with van der Waals surface area (Å²) in [6, 6.07) is 19.2. The quantitative estimate of drug-likeness (QED) is 0.217. The van der Waals surface area contributed by atoms with Gasteiger partial charge in [-0.15, -0.1) is 6.58 Å². The normalized spacial score (nSPS) is 10.7. The first-order valence-corrected chi connectivity index (χ1v) is 11.2. The number of nitrogens with one attached hydrogen (secondary N) is 2. The lowest BCUT2D eigenvalue weighted by molar-refractivity contribution is 0.252. The zero-order chi connectivity index (χ0) is 24.3. The number of allylic oxidation sites excluding steroid dienone is 1. The Kier molecular flexibility index (Phi) is 8.86. The number of anilines is 1. The minimum absolute atomic E-state index is 0.417. The fourth-order valence-corrected chi connectivity index (χ4v) is 3.36. The van der Waals surface area contributed by atoms with E-state index in [0.717, 1.165) is 27.9 Å². The van der Waals surface area contributed by atoms with E-state index in [-0.39, 0.29) is 0 Å². The molecule has 0 bridgehead atoms. The number of urea groups is 1. The number of carbonyl (C=O) groups is 1. The summed E-state index contributed by atoms with van der Waals surface area (Å²) >= 11 is 0. The molecule has 0 unspecified atom stereocenters. The van der Waals surface area contributed by atoms with Crippen LogP contribution in [-0.2, 0) is 13.0 Å². The largest absolute Gasteiger partial charge is 0.490 e. The molecule has 0 spiro atoms. The minimum Gasteiger partial charge on any atom is -0.490 e. The first-order valence-electron chi connectivity index (χ1n) is 11.2. The molecule has 0 fully saturated rings. The molecule has 0 heterocycles. The van der Waals surface area contributed by atoms with Gasteiger partial charge in [0.05, 0.1) is 12.8 Å². The number of amides is 2. The number of aryl methyl sites for hydroxylation is 2. The van der Waals surface area contributed by atoms with Gasteiger partial charge in [0, 0.05) is 11.3 Å². The van der Waals surface area contributed by atoms with Crippen molar-refractivity contribution in [1.82, 2.24) is 5.43 Å². The average molecular weight is 458 g/mol. The molecule has 2 amide bonds. The summed E-state index contributed by atoms with van der Waals surface area (Å²) in [6.07, 6.45) is 4.00. The molecule has 2 N–H and O–H groups in total. The molecule has 6 nitrogen and oxygen atoms in total. The van der Waals surface area contributed by atoms with Gasteiger partial charge in [-0.1, -0.05) is 54.1 Å². The molecule has 0 aliphatic rings. The van der Waals surface area contributed by atoms with Crippen molar-refractivity contribution in [3.63, 3.8) is 0 Å². The van der Waals surface area contributed by atoms with Gasteiger partial charge >= 0.3 is 6.03 Å². The summed E-state index contributed by atoms with van der Waals surface area (Å²) < 4.78 is 12.0. The molecule has 0 saturated heterocycles. The van der Waals surface area contributed by atoms with Gasteiger partial charge in [-0.05, 0) is 62.1 Å². The molecule has 176 valence electrons. The van der Waals surface area contributed by atoms with E-state index in [2.05, 4.69) is 53.6 Å². The third-order valence-electron chi connectivity index (χ3n) is 5.09. The second-order valence-corrected chi connectivity index (χ2v) is 7.85. The van der Waals surface area contributed by atoms with Crippen LogP contribution in [0.3, 0.4) is 0 Å². The van der Waals surface area contributed by atoms with Crippen molar-refractivity contribution in [2.45, 2.75) is 33.8 Å². The molecule has 6 heteroatoms.